The van der Waals surface area contributed by atoms with E-state index in [1.54, 1.807) is 6.20 Å². The molecule has 12 heavy (non-hydrogen) atoms. The van der Waals surface area contributed by atoms with Gasteiger partial charge in [-0.05, 0) is 19.4 Å². The molecule has 0 aliphatic carbocycles. The molecule has 4 heteroatoms. The topological polar surface area (TPSA) is 64.1 Å². The molecule has 1 heterocycles. The zero-order chi connectivity index (χ0) is 8.97. The average molecular weight is 169 g/mol. The smallest absolute Gasteiger partial charge is 0.0680 e. The number of nitrogens with zero attached hydrogens (tertiary/aromatic N) is 2. The quantitative estimate of drug-likeness (QED) is 0.661. The summed E-state index contributed by atoms with van der Waals surface area (Å²) in [6.07, 6.45) is 2.01. The van der Waals surface area contributed by atoms with Gasteiger partial charge in [0.05, 0.1) is 6.10 Å². The van der Waals surface area contributed by atoms with Gasteiger partial charge in [0.2, 0.25) is 0 Å². The Balaban J connectivity index is 2.38. The minimum Gasteiger partial charge on any atom is -0.392 e. The second-order valence-electron chi connectivity index (χ2n) is 2.87. The minimum atomic E-state index is -0.409. The number of hydrogen-bond acceptors (Lipinski definition) is 3. The Hall–Kier alpha value is -0.870. The molecule has 0 aliphatic rings. The van der Waals surface area contributed by atoms with Gasteiger partial charge in [-0.25, -0.2) is 0 Å². The van der Waals surface area contributed by atoms with Crippen molar-refractivity contribution in [3.05, 3.63) is 18.0 Å². The van der Waals surface area contributed by atoms with Gasteiger partial charge in [-0.15, -0.1) is 0 Å². The maximum absolute atomic E-state index is 9.18. The van der Waals surface area contributed by atoms with Gasteiger partial charge >= 0.3 is 0 Å². The van der Waals surface area contributed by atoms with E-state index in [9.17, 15) is 5.11 Å². The molecule has 0 radical (unpaired) electrons. The summed E-state index contributed by atoms with van der Waals surface area (Å²) in [5, 5.41) is 13.3. The molecule has 0 aromatic carbocycles. The summed E-state index contributed by atoms with van der Waals surface area (Å²) in [7, 11) is 0. The number of aromatic nitrogens is 2. The van der Waals surface area contributed by atoms with Crippen LogP contribution in [0.1, 0.15) is 12.1 Å². The van der Waals surface area contributed by atoms with Gasteiger partial charge in [0.25, 0.3) is 0 Å². The fraction of sp³-hybridized carbons (Fsp3) is 0.625. The fourth-order valence-electron chi connectivity index (χ4n) is 1.02. The molecule has 0 fully saturated rings. The first-order valence-corrected chi connectivity index (χ1v) is 4.10. The third kappa shape index (κ3) is 2.32. The van der Waals surface area contributed by atoms with E-state index < -0.39 is 6.10 Å². The fourth-order valence-corrected chi connectivity index (χ4v) is 1.02. The van der Waals surface area contributed by atoms with Crippen LogP contribution in [0.5, 0.6) is 0 Å². The number of rotatable bonds is 4. The van der Waals surface area contributed by atoms with Crippen LogP contribution in [0.3, 0.4) is 0 Å². The highest BCUT2D eigenvalue weighted by molar-refractivity contribution is 4.96. The zero-order valence-corrected chi connectivity index (χ0v) is 7.27. The van der Waals surface area contributed by atoms with Crippen LogP contribution in [0, 0.1) is 6.92 Å². The van der Waals surface area contributed by atoms with Crippen molar-refractivity contribution < 1.29 is 5.11 Å². The lowest BCUT2D eigenvalue weighted by Crippen LogP contribution is -2.21. The first kappa shape index (κ1) is 9.22. The van der Waals surface area contributed by atoms with Gasteiger partial charge in [0.1, 0.15) is 0 Å². The van der Waals surface area contributed by atoms with Gasteiger partial charge in [0, 0.05) is 25.0 Å². The summed E-state index contributed by atoms with van der Waals surface area (Å²) in [6.45, 7) is 3.04. The molecule has 0 saturated carbocycles. The predicted octanol–water partition coefficient (Wildman–Crippen LogP) is -0.0988. The highest BCUT2D eigenvalue weighted by Gasteiger charge is 2.02. The van der Waals surface area contributed by atoms with Gasteiger partial charge in [-0.1, -0.05) is 0 Å². The Morgan fingerprint density at radius 2 is 2.50 bits per heavy atom. The van der Waals surface area contributed by atoms with Crippen molar-refractivity contribution in [3.8, 4) is 0 Å². The second kappa shape index (κ2) is 4.23. The molecule has 0 spiro atoms. The number of aliphatic hydroxyl groups is 1. The molecular weight excluding hydrogens is 154 g/mol. The van der Waals surface area contributed by atoms with E-state index in [0.717, 1.165) is 12.2 Å². The molecule has 0 saturated heterocycles. The van der Waals surface area contributed by atoms with Crippen molar-refractivity contribution in [1.29, 1.82) is 0 Å². The molecule has 3 N–H and O–H groups in total. The third-order valence-corrected chi connectivity index (χ3v) is 1.88. The number of nitrogens with two attached hydrogens (primary N) is 1. The first-order chi connectivity index (χ1) is 5.74. The highest BCUT2D eigenvalue weighted by atomic mass is 16.3. The van der Waals surface area contributed by atoms with Crippen LogP contribution in [0.4, 0.5) is 0 Å². The molecule has 1 atom stereocenters. The monoisotopic (exact) mass is 169 g/mol. The predicted molar refractivity (Wildman–Crippen MR) is 46.6 cm³/mol. The van der Waals surface area contributed by atoms with Gasteiger partial charge < -0.3 is 10.8 Å². The SMILES string of the molecule is Cc1ccnn1CCC(O)CN. The number of hydrogen-bond donors (Lipinski definition) is 2. The normalized spacial score (nSPS) is 13.2. The molecule has 1 unspecified atom stereocenters. The molecule has 0 aliphatic heterocycles. The third-order valence-electron chi connectivity index (χ3n) is 1.88. The Morgan fingerprint density at radius 1 is 1.75 bits per heavy atom. The van der Waals surface area contributed by atoms with Crippen molar-refractivity contribution in [2.75, 3.05) is 6.54 Å². The maximum Gasteiger partial charge on any atom is 0.0680 e. The average Bonchev–Trinajstić information content (AvgIpc) is 2.47. The van der Waals surface area contributed by atoms with E-state index in [1.807, 2.05) is 17.7 Å². The number of aryl methyl sites for hydroxylation is 2. The van der Waals surface area contributed by atoms with Crippen LogP contribution in [0.25, 0.3) is 0 Å². The van der Waals surface area contributed by atoms with Crippen molar-refractivity contribution >= 4 is 0 Å². The Morgan fingerprint density at radius 3 is 3.00 bits per heavy atom. The highest BCUT2D eigenvalue weighted by Crippen LogP contribution is 1.99. The van der Waals surface area contributed by atoms with Crippen molar-refractivity contribution in [2.45, 2.75) is 26.0 Å². The lowest BCUT2D eigenvalue weighted by Gasteiger charge is -2.08. The van der Waals surface area contributed by atoms with E-state index in [4.69, 9.17) is 5.73 Å². The molecule has 0 amide bonds. The Labute approximate surface area is 72.0 Å². The van der Waals surface area contributed by atoms with E-state index in [0.29, 0.717) is 13.0 Å². The summed E-state index contributed by atoms with van der Waals surface area (Å²) in [6, 6.07) is 1.94. The second-order valence-corrected chi connectivity index (χ2v) is 2.87. The van der Waals surface area contributed by atoms with Crippen LogP contribution < -0.4 is 5.73 Å². The summed E-state index contributed by atoms with van der Waals surface area (Å²) in [4.78, 5) is 0. The molecule has 4 nitrogen and oxygen atoms in total. The zero-order valence-electron chi connectivity index (χ0n) is 7.27. The van der Waals surface area contributed by atoms with Gasteiger partial charge in [-0.3, -0.25) is 4.68 Å². The molecule has 1 rings (SSSR count). The van der Waals surface area contributed by atoms with Crippen molar-refractivity contribution in [1.82, 2.24) is 9.78 Å². The van der Waals surface area contributed by atoms with E-state index in [-0.39, 0.29) is 0 Å². The lowest BCUT2D eigenvalue weighted by atomic mass is 10.2. The summed E-state index contributed by atoms with van der Waals surface area (Å²) in [5.74, 6) is 0. The van der Waals surface area contributed by atoms with E-state index in [2.05, 4.69) is 5.10 Å². The lowest BCUT2D eigenvalue weighted by molar-refractivity contribution is 0.164. The standard InChI is InChI=1S/C8H15N3O/c1-7-2-4-10-11(7)5-3-8(12)6-9/h2,4,8,12H,3,5-6,9H2,1H3. The minimum absolute atomic E-state index is 0.320. The molecular formula is C8H15N3O. The van der Waals surface area contributed by atoms with E-state index >= 15 is 0 Å². The summed E-state index contributed by atoms with van der Waals surface area (Å²) in [5.41, 5.74) is 6.38. The maximum atomic E-state index is 9.18. The molecule has 1 aromatic heterocycles. The Kier molecular flexibility index (Phi) is 3.25. The number of aliphatic hydroxyl groups excluding tert-OH is 1. The molecule has 0 bridgehead atoms. The van der Waals surface area contributed by atoms with Crippen LogP contribution >= 0.6 is 0 Å². The van der Waals surface area contributed by atoms with Crippen LogP contribution in [0.15, 0.2) is 12.3 Å². The van der Waals surface area contributed by atoms with Crippen molar-refractivity contribution in [3.63, 3.8) is 0 Å². The molecule has 1 aromatic rings. The largest absolute Gasteiger partial charge is 0.392 e. The first-order valence-electron chi connectivity index (χ1n) is 4.10. The summed E-state index contributed by atoms with van der Waals surface area (Å²) < 4.78 is 1.86. The van der Waals surface area contributed by atoms with Crippen LogP contribution in [-0.4, -0.2) is 27.5 Å². The van der Waals surface area contributed by atoms with Gasteiger partial charge in [0.15, 0.2) is 0 Å². The van der Waals surface area contributed by atoms with Crippen molar-refractivity contribution in [2.24, 2.45) is 5.73 Å². The molecule has 68 valence electrons. The van der Waals surface area contributed by atoms with E-state index in [1.165, 1.54) is 0 Å². The van der Waals surface area contributed by atoms with Gasteiger partial charge in [-0.2, -0.15) is 5.10 Å². The Bertz CT molecular complexity index is 234. The van der Waals surface area contributed by atoms with Crippen LogP contribution in [0.2, 0.25) is 0 Å². The summed E-state index contributed by atoms with van der Waals surface area (Å²) >= 11 is 0. The van der Waals surface area contributed by atoms with Crippen LogP contribution in [-0.2, 0) is 6.54 Å².